The van der Waals surface area contributed by atoms with Gasteiger partial charge in [0.05, 0.1) is 30.5 Å². The summed E-state index contributed by atoms with van der Waals surface area (Å²) in [6, 6.07) is 10.5. The highest BCUT2D eigenvalue weighted by molar-refractivity contribution is 6.43. The molecule has 0 aromatic heterocycles. The maximum absolute atomic E-state index is 11.8. The van der Waals surface area contributed by atoms with Crippen LogP contribution in [0.3, 0.4) is 0 Å². The molecule has 1 N–H and O–H groups in total. The number of carbonyl (C=O) groups excluding carboxylic acids is 1. The number of rotatable bonds is 8. The highest BCUT2D eigenvalue weighted by Crippen LogP contribution is 2.27. The fourth-order valence-electron chi connectivity index (χ4n) is 2.05. The molecule has 0 saturated carbocycles. The predicted octanol–water partition coefficient (Wildman–Crippen LogP) is 3.68. The third-order valence-electron chi connectivity index (χ3n) is 3.38. The molecule has 0 bridgehead atoms. The number of hydrogen-bond donors (Lipinski definition) is 1. The Morgan fingerprint density at radius 2 is 1.92 bits per heavy atom. The molecule has 8 heteroatoms. The van der Waals surface area contributed by atoms with Crippen molar-refractivity contribution in [2.24, 2.45) is 5.16 Å². The number of hydrogen-bond acceptors (Lipinski definition) is 5. The first kappa shape index (κ1) is 19.9. The van der Waals surface area contributed by atoms with Crippen molar-refractivity contribution in [3.8, 4) is 11.5 Å². The zero-order chi connectivity index (χ0) is 18.9. The van der Waals surface area contributed by atoms with Gasteiger partial charge in [-0.15, -0.1) is 0 Å². The van der Waals surface area contributed by atoms with E-state index in [4.69, 9.17) is 37.5 Å². The minimum absolute atomic E-state index is 0.220. The number of nitrogens with one attached hydrogen (secondary N) is 1. The van der Waals surface area contributed by atoms with Crippen LogP contribution in [0.4, 0.5) is 0 Å². The Labute approximate surface area is 161 Å². The topological polar surface area (TPSA) is 69.2 Å². The minimum atomic E-state index is -0.311. The first-order valence-electron chi connectivity index (χ1n) is 7.62. The summed E-state index contributed by atoms with van der Waals surface area (Å²) >= 11 is 11.9. The third kappa shape index (κ3) is 5.54. The maximum Gasteiger partial charge on any atom is 0.261 e. The van der Waals surface area contributed by atoms with Gasteiger partial charge in [-0.1, -0.05) is 46.6 Å². The van der Waals surface area contributed by atoms with Crippen LogP contribution in [0.5, 0.6) is 11.5 Å². The lowest BCUT2D eigenvalue weighted by molar-refractivity contribution is -0.125. The molecule has 0 heterocycles. The zero-order valence-corrected chi connectivity index (χ0v) is 15.8. The predicted molar refractivity (Wildman–Crippen MR) is 101 cm³/mol. The van der Waals surface area contributed by atoms with Gasteiger partial charge < -0.3 is 19.6 Å². The standard InChI is InChI=1S/C18H18Cl2N2O4/c1-24-15-7-6-12(8-16(15)25-2)9-21-17(23)11-26-22-10-13-4-3-5-14(19)18(13)20/h3-8,10H,9,11H2,1-2H3,(H,21,23)/b22-10-. The largest absolute Gasteiger partial charge is 0.493 e. The van der Waals surface area contributed by atoms with Crippen molar-refractivity contribution in [2.45, 2.75) is 6.54 Å². The summed E-state index contributed by atoms with van der Waals surface area (Å²) in [6.07, 6.45) is 1.40. The van der Waals surface area contributed by atoms with Gasteiger partial charge in [-0.2, -0.15) is 0 Å². The van der Waals surface area contributed by atoms with Crippen LogP contribution in [0.25, 0.3) is 0 Å². The lowest BCUT2D eigenvalue weighted by Crippen LogP contribution is -2.26. The number of carbonyl (C=O) groups is 1. The first-order chi connectivity index (χ1) is 12.5. The van der Waals surface area contributed by atoms with Gasteiger partial charge in [-0.25, -0.2) is 0 Å². The van der Waals surface area contributed by atoms with Crippen LogP contribution in [0.15, 0.2) is 41.6 Å². The first-order valence-corrected chi connectivity index (χ1v) is 8.37. The number of amides is 1. The van der Waals surface area contributed by atoms with Crippen molar-refractivity contribution in [3.63, 3.8) is 0 Å². The van der Waals surface area contributed by atoms with E-state index in [1.807, 2.05) is 6.07 Å². The van der Waals surface area contributed by atoms with Crippen LogP contribution in [-0.2, 0) is 16.2 Å². The van der Waals surface area contributed by atoms with Crippen LogP contribution < -0.4 is 14.8 Å². The van der Waals surface area contributed by atoms with E-state index in [0.717, 1.165) is 5.56 Å². The summed E-state index contributed by atoms with van der Waals surface area (Å²) in [5, 5.41) is 7.24. The fraction of sp³-hybridized carbons (Fsp3) is 0.222. The Bertz CT molecular complexity index is 797. The summed E-state index contributed by atoms with van der Waals surface area (Å²) in [4.78, 5) is 16.8. The molecule has 0 aliphatic rings. The number of halogens is 2. The van der Waals surface area contributed by atoms with E-state index >= 15 is 0 Å². The monoisotopic (exact) mass is 396 g/mol. The normalized spacial score (nSPS) is 10.6. The molecule has 6 nitrogen and oxygen atoms in total. The summed E-state index contributed by atoms with van der Waals surface area (Å²) in [5.74, 6) is 0.910. The van der Waals surface area contributed by atoms with Crippen LogP contribution in [0.1, 0.15) is 11.1 Å². The molecule has 0 saturated heterocycles. The van der Waals surface area contributed by atoms with Crippen molar-refractivity contribution in [1.29, 1.82) is 0 Å². The van der Waals surface area contributed by atoms with Crippen LogP contribution >= 0.6 is 23.2 Å². The highest BCUT2D eigenvalue weighted by atomic mass is 35.5. The molecule has 2 aromatic carbocycles. The van der Waals surface area contributed by atoms with E-state index in [1.54, 1.807) is 44.6 Å². The molecule has 0 atom stereocenters. The smallest absolute Gasteiger partial charge is 0.261 e. The quantitative estimate of drug-likeness (QED) is 0.545. The molecule has 0 aliphatic heterocycles. The number of methoxy groups -OCH3 is 2. The molecule has 0 aliphatic carbocycles. The second kappa shape index (κ2) is 9.89. The maximum atomic E-state index is 11.8. The lowest BCUT2D eigenvalue weighted by Gasteiger charge is -2.10. The highest BCUT2D eigenvalue weighted by Gasteiger charge is 2.07. The van der Waals surface area contributed by atoms with Gasteiger partial charge in [0.15, 0.2) is 18.1 Å². The SMILES string of the molecule is COc1ccc(CNC(=O)CO/N=C\c2cccc(Cl)c2Cl)cc1OC. The van der Waals surface area contributed by atoms with Crippen molar-refractivity contribution in [2.75, 3.05) is 20.8 Å². The zero-order valence-electron chi connectivity index (χ0n) is 14.3. The van der Waals surface area contributed by atoms with E-state index in [9.17, 15) is 4.79 Å². The van der Waals surface area contributed by atoms with Gasteiger partial charge in [-0.05, 0) is 23.8 Å². The summed E-state index contributed by atoms with van der Waals surface area (Å²) in [5.41, 5.74) is 1.47. The molecule has 138 valence electrons. The minimum Gasteiger partial charge on any atom is -0.493 e. The van der Waals surface area contributed by atoms with Gasteiger partial charge in [0.1, 0.15) is 0 Å². The second-order valence-electron chi connectivity index (χ2n) is 5.12. The van der Waals surface area contributed by atoms with Crippen molar-refractivity contribution in [1.82, 2.24) is 5.32 Å². The van der Waals surface area contributed by atoms with E-state index in [-0.39, 0.29) is 12.5 Å². The van der Waals surface area contributed by atoms with Gasteiger partial charge in [-0.3, -0.25) is 4.79 Å². The van der Waals surface area contributed by atoms with Crippen LogP contribution in [-0.4, -0.2) is 32.9 Å². The lowest BCUT2D eigenvalue weighted by atomic mass is 10.2. The Morgan fingerprint density at radius 3 is 2.65 bits per heavy atom. The molecule has 0 radical (unpaired) electrons. The molecule has 26 heavy (non-hydrogen) atoms. The molecule has 1 amide bonds. The van der Waals surface area contributed by atoms with Gasteiger partial charge in [0, 0.05) is 12.1 Å². The second-order valence-corrected chi connectivity index (χ2v) is 5.90. The summed E-state index contributed by atoms with van der Waals surface area (Å²) < 4.78 is 10.4. The molecule has 0 spiro atoms. The van der Waals surface area contributed by atoms with Crippen molar-refractivity contribution >= 4 is 35.3 Å². The third-order valence-corrected chi connectivity index (χ3v) is 4.21. The average Bonchev–Trinajstić information content (AvgIpc) is 2.66. The Balaban J connectivity index is 1.80. The molecule has 0 fully saturated rings. The molecular weight excluding hydrogens is 379 g/mol. The number of ether oxygens (including phenoxy) is 2. The van der Waals surface area contributed by atoms with Gasteiger partial charge in [0.25, 0.3) is 5.91 Å². The average molecular weight is 397 g/mol. The summed E-state index contributed by atoms with van der Waals surface area (Å²) in [6.45, 7) is 0.106. The molecule has 2 aromatic rings. The van der Waals surface area contributed by atoms with Gasteiger partial charge >= 0.3 is 0 Å². The van der Waals surface area contributed by atoms with Crippen LogP contribution in [0.2, 0.25) is 10.0 Å². The number of oxime groups is 1. The van der Waals surface area contributed by atoms with E-state index in [0.29, 0.717) is 33.7 Å². The number of benzene rings is 2. The van der Waals surface area contributed by atoms with E-state index in [1.165, 1.54) is 6.21 Å². The summed E-state index contributed by atoms with van der Waals surface area (Å²) in [7, 11) is 3.12. The Kier molecular flexibility index (Phi) is 7.56. The van der Waals surface area contributed by atoms with Crippen molar-refractivity contribution in [3.05, 3.63) is 57.6 Å². The van der Waals surface area contributed by atoms with Crippen LogP contribution in [0, 0.1) is 0 Å². The van der Waals surface area contributed by atoms with Gasteiger partial charge in [0.2, 0.25) is 0 Å². The number of nitrogens with zero attached hydrogens (tertiary/aromatic N) is 1. The Morgan fingerprint density at radius 1 is 1.15 bits per heavy atom. The molecule has 2 rings (SSSR count). The van der Waals surface area contributed by atoms with E-state index < -0.39 is 0 Å². The van der Waals surface area contributed by atoms with Crippen molar-refractivity contribution < 1.29 is 19.1 Å². The fourth-order valence-corrected chi connectivity index (χ4v) is 2.41. The molecule has 0 unspecified atom stereocenters. The van der Waals surface area contributed by atoms with E-state index in [2.05, 4.69) is 10.5 Å². The molecular formula is C18H18Cl2N2O4. The Hall–Kier alpha value is -2.44.